The molecule has 0 aliphatic heterocycles. The second-order valence-corrected chi connectivity index (χ2v) is 5.60. The van der Waals surface area contributed by atoms with Gasteiger partial charge in [0.25, 0.3) is 0 Å². The number of halogens is 1. The maximum atomic E-state index is 12.0. The quantitative estimate of drug-likeness (QED) is 0.721. The predicted molar refractivity (Wildman–Crippen MR) is 94.3 cm³/mol. The Balaban J connectivity index is 2.02. The van der Waals surface area contributed by atoms with Crippen LogP contribution in [0.5, 0.6) is 6.01 Å². The average Bonchev–Trinajstić information content (AvgIpc) is 2.65. The Labute approximate surface area is 147 Å². The monoisotopic (exact) mass is 340 g/mol. The molecule has 0 N–H and O–H groups in total. The Bertz CT molecular complexity index is 746. The number of ketones is 1. The molecule has 0 amide bonds. The number of Topliss-reactive ketones (excluding diaryl/α,β-unsaturated/α-hetero) is 1. The smallest absolute Gasteiger partial charge is 0.316 e. The van der Waals surface area contributed by atoms with Crippen molar-refractivity contribution >= 4 is 5.78 Å². The second-order valence-electron chi connectivity index (χ2n) is 5.60. The zero-order valence-corrected chi connectivity index (χ0v) is 14.5. The number of rotatable bonds is 7. The summed E-state index contributed by atoms with van der Waals surface area (Å²) in [6, 6.07) is 7.81. The number of ether oxygens (including phenoxy) is 1. The molecule has 1 atom stereocenters. The molecule has 1 aromatic carbocycles. The van der Waals surface area contributed by atoms with Gasteiger partial charge in [-0.25, -0.2) is 14.4 Å². The summed E-state index contributed by atoms with van der Waals surface area (Å²) in [5.41, 5.74) is 2.49. The van der Waals surface area contributed by atoms with Gasteiger partial charge in [-0.3, -0.25) is 4.79 Å². The highest BCUT2D eigenvalue weighted by Crippen LogP contribution is 2.18. The van der Waals surface area contributed by atoms with Gasteiger partial charge in [0.1, 0.15) is 19.1 Å². The maximum Gasteiger partial charge on any atom is 0.316 e. The Hall–Kier alpha value is -2.74. The van der Waals surface area contributed by atoms with E-state index >= 15 is 0 Å². The van der Waals surface area contributed by atoms with E-state index in [1.54, 1.807) is 0 Å². The van der Waals surface area contributed by atoms with Crippen LogP contribution >= 0.6 is 0 Å². The Morgan fingerprint density at radius 1 is 1.16 bits per heavy atom. The number of hydrogen-bond acceptors (Lipinski definition) is 4. The van der Waals surface area contributed by atoms with Crippen LogP contribution in [-0.4, -0.2) is 29.0 Å². The van der Waals surface area contributed by atoms with E-state index in [9.17, 15) is 9.18 Å². The molecule has 2 aromatic rings. The number of benzene rings is 1. The van der Waals surface area contributed by atoms with Crippen LogP contribution in [-0.2, 0) is 4.79 Å². The van der Waals surface area contributed by atoms with E-state index in [4.69, 9.17) is 4.74 Å². The van der Waals surface area contributed by atoms with Gasteiger partial charge in [-0.05, 0) is 24.1 Å². The van der Waals surface area contributed by atoms with Gasteiger partial charge in [-0.1, -0.05) is 37.8 Å². The van der Waals surface area contributed by atoms with Crippen molar-refractivity contribution in [1.82, 2.24) is 9.97 Å². The van der Waals surface area contributed by atoms with Crippen LogP contribution in [0, 0.1) is 11.8 Å². The van der Waals surface area contributed by atoms with Crippen molar-refractivity contribution in [2.24, 2.45) is 0 Å². The summed E-state index contributed by atoms with van der Waals surface area (Å²) in [6.45, 7) is 3.30. The van der Waals surface area contributed by atoms with Gasteiger partial charge < -0.3 is 4.74 Å². The van der Waals surface area contributed by atoms with Gasteiger partial charge in [0.05, 0.1) is 5.56 Å². The van der Waals surface area contributed by atoms with Crippen molar-refractivity contribution < 1.29 is 13.9 Å². The van der Waals surface area contributed by atoms with Crippen molar-refractivity contribution in [3.63, 3.8) is 0 Å². The first kappa shape index (κ1) is 18.6. The Morgan fingerprint density at radius 2 is 1.80 bits per heavy atom. The molecular weight excluding hydrogens is 319 g/mol. The first-order valence-electron chi connectivity index (χ1n) is 8.29. The normalized spacial score (nSPS) is 11.3. The Morgan fingerprint density at radius 3 is 2.40 bits per heavy atom. The first-order chi connectivity index (χ1) is 12.1. The summed E-state index contributed by atoms with van der Waals surface area (Å²) in [5.74, 6) is 6.16. The van der Waals surface area contributed by atoms with Gasteiger partial charge in [0, 0.05) is 30.3 Å². The zero-order chi connectivity index (χ0) is 18.1. The first-order valence-corrected chi connectivity index (χ1v) is 8.29. The van der Waals surface area contributed by atoms with Gasteiger partial charge in [-0.2, -0.15) is 0 Å². The van der Waals surface area contributed by atoms with Crippen LogP contribution in [0.1, 0.15) is 49.3 Å². The highest BCUT2D eigenvalue weighted by Gasteiger charge is 2.13. The molecule has 0 aliphatic carbocycles. The van der Waals surface area contributed by atoms with Crippen molar-refractivity contribution in [3.05, 3.63) is 53.3 Å². The number of nitrogens with zero attached hydrogens (tertiary/aromatic N) is 2. The van der Waals surface area contributed by atoms with Crippen LogP contribution in [0.4, 0.5) is 4.39 Å². The molecule has 0 saturated carbocycles. The van der Waals surface area contributed by atoms with Crippen molar-refractivity contribution in [2.75, 3.05) is 13.3 Å². The minimum Gasteiger partial charge on any atom is -0.461 e. The minimum absolute atomic E-state index is 0.0590. The lowest BCUT2D eigenvalue weighted by Crippen LogP contribution is -2.08. The van der Waals surface area contributed by atoms with Gasteiger partial charge in [-0.15, -0.1) is 0 Å². The summed E-state index contributed by atoms with van der Waals surface area (Å²) >= 11 is 0. The van der Waals surface area contributed by atoms with E-state index in [1.807, 2.05) is 38.1 Å². The van der Waals surface area contributed by atoms with Crippen LogP contribution in [0.3, 0.4) is 0 Å². The fourth-order valence-corrected chi connectivity index (χ4v) is 2.23. The third-order valence-electron chi connectivity index (χ3n) is 3.68. The maximum absolute atomic E-state index is 12.0. The number of hydrogen-bond donors (Lipinski definition) is 0. The molecular formula is C20H21FN2O2. The number of carbonyl (C=O) groups is 1. The lowest BCUT2D eigenvalue weighted by molar-refractivity contribution is -0.120. The van der Waals surface area contributed by atoms with Crippen molar-refractivity contribution in [3.8, 4) is 17.9 Å². The standard InChI is InChI=1S/C20H21FN2O2/c1-3-4-19(24)15(2)18-9-7-16(8-10-18)5-6-17-13-22-20(23-14-17)25-12-11-21/h7-10,13-15H,3-4,11-12H2,1-2H3. The summed E-state index contributed by atoms with van der Waals surface area (Å²) in [6.07, 6.45) is 4.54. The summed E-state index contributed by atoms with van der Waals surface area (Å²) < 4.78 is 17.0. The highest BCUT2D eigenvalue weighted by atomic mass is 19.1. The van der Waals surface area contributed by atoms with Crippen LogP contribution in [0.25, 0.3) is 0 Å². The molecule has 130 valence electrons. The van der Waals surface area contributed by atoms with Gasteiger partial charge >= 0.3 is 6.01 Å². The van der Waals surface area contributed by atoms with E-state index in [-0.39, 0.29) is 24.3 Å². The fraction of sp³-hybridized carbons (Fsp3) is 0.350. The predicted octanol–water partition coefficient (Wildman–Crippen LogP) is 3.70. The largest absolute Gasteiger partial charge is 0.461 e. The van der Waals surface area contributed by atoms with E-state index < -0.39 is 6.67 Å². The van der Waals surface area contributed by atoms with Crippen LogP contribution < -0.4 is 4.74 Å². The summed E-state index contributed by atoms with van der Waals surface area (Å²) in [7, 11) is 0. The van der Waals surface area contributed by atoms with E-state index in [0.717, 1.165) is 17.5 Å². The topological polar surface area (TPSA) is 52.1 Å². The second kappa shape index (κ2) is 9.53. The molecule has 1 heterocycles. The molecule has 1 aromatic heterocycles. The number of carbonyl (C=O) groups excluding carboxylic acids is 1. The van der Waals surface area contributed by atoms with E-state index in [0.29, 0.717) is 12.0 Å². The molecule has 5 heteroatoms. The molecule has 25 heavy (non-hydrogen) atoms. The highest BCUT2D eigenvalue weighted by molar-refractivity contribution is 5.85. The molecule has 0 saturated heterocycles. The molecule has 0 aliphatic rings. The lowest BCUT2D eigenvalue weighted by atomic mass is 9.93. The zero-order valence-electron chi connectivity index (χ0n) is 14.5. The van der Waals surface area contributed by atoms with Gasteiger partial charge in [0.2, 0.25) is 0 Å². The lowest BCUT2D eigenvalue weighted by Gasteiger charge is -2.10. The Kier molecular flexibility index (Phi) is 7.09. The molecule has 4 nitrogen and oxygen atoms in total. The molecule has 0 bridgehead atoms. The van der Waals surface area contributed by atoms with Crippen LogP contribution in [0.15, 0.2) is 36.7 Å². The molecule has 1 unspecified atom stereocenters. The molecule has 0 fully saturated rings. The summed E-state index contributed by atoms with van der Waals surface area (Å²) in [5, 5.41) is 0. The average molecular weight is 340 g/mol. The van der Waals surface area contributed by atoms with Gasteiger partial charge in [0.15, 0.2) is 0 Å². The third kappa shape index (κ3) is 5.68. The van der Waals surface area contributed by atoms with Crippen molar-refractivity contribution in [2.45, 2.75) is 32.6 Å². The minimum atomic E-state index is -0.580. The third-order valence-corrected chi connectivity index (χ3v) is 3.68. The fourth-order valence-electron chi connectivity index (χ4n) is 2.23. The molecule has 2 rings (SSSR count). The number of alkyl halides is 1. The number of aromatic nitrogens is 2. The van der Waals surface area contributed by atoms with Crippen LogP contribution in [0.2, 0.25) is 0 Å². The van der Waals surface area contributed by atoms with E-state index in [1.165, 1.54) is 12.4 Å². The molecule has 0 radical (unpaired) electrons. The summed E-state index contributed by atoms with van der Waals surface area (Å²) in [4.78, 5) is 19.9. The van der Waals surface area contributed by atoms with Crippen molar-refractivity contribution in [1.29, 1.82) is 0 Å². The SMILES string of the molecule is CCCC(=O)C(C)c1ccc(C#Cc2cnc(OCCF)nc2)cc1. The molecule has 0 spiro atoms. The van der Waals surface area contributed by atoms with E-state index in [2.05, 4.69) is 21.8 Å².